The van der Waals surface area contributed by atoms with Gasteiger partial charge in [0, 0.05) is 50.5 Å². The van der Waals surface area contributed by atoms with Gasteiger partial charge in [-0.3, -0.25) is 14.5 Å². The SMILES string of the molecule is CONS(=O)(=O)c1ccc(C(=O)NCCN2CCN(c3ccccc3)CC2)cc1. The fraction of sp³-hybridized carbons (Fsp3) is 0.350. The minimum Gasteiger partial charge on any atom is -0.369 e. The van der Waals surface area contributed by atoms with Crippen molar-refractivity contribution in [2.45, 2.75) is 4.90 Å². The van der Waals surface area contributed by atoms with Crippen LogP contribution < -0.4 is 15.1 Å². The van der Waals surface area contributed by atoms with Crippen LogP contribution in [0, 0.1) is 0 Å². The van der Waals surface area contributed by atoms with Gasteiger partial charge in [-0.1, -0.05) is 23.1 Å². The molecule has 29 heavy (non-hydrogen) atoms. The van der Waals surface area contributed by atoms with Gasteiger partial charge in [0.2, 0.25) is 0 Å². The predicted molar refractivity (Wildman–Crippen MR) is 111 cm³/mol. The maximum Gasteiger partial charge on any atom is 0.262 e. The third kappa shape index (κ3) is 5.77. The Labute approximate surface area is 171 Å². The molecule has 9 heteroatoms. The summed E-state index contributed by atoms with van der Waals surface area (Å²) in [5, 5.41) is 2.89. The maximum absolute atomic E-state index is 12.3. The van der Waals surface area contributed by atoms with Crippen LogP contribution in [-0.4, -0.2) is 65.6 Å². The number of hydrogen-bond acceptors (Lipinski definition) is 6. The van der Waals surface area contributed by atoms with Crippen LogP contribution in [0.5, 0.6) is 0 Å². The summed E-state index contributed by atoms with van der Waals surface area (Å²) in [5.74, 6) is -0.225. The Morgan fingerprint density at radius 2 is 1.66 bits per heavy atom. The Kier molecular flexibility index (Phi) is 7.21. The van der Waals surface area contributed by atoms with E-state index in [-0.39, 0.29) is 10.8 Å². The lowest BCUT2D eigenvalue weighted by atomic mass is 10.2. The normalized spacial score (nSPS) is 15.3. The van der Waals surface area contributed by atoms with E-state index in [9.17, 15) is 13.2 Å². The third-order valence-electron chi connectivity index (χ3n) is 4.83. The van der Waals surface area contributed by atoms with Crippen LogP contribution in [0.15, 0.2) is 59.5 Å². The summed E-state index contributed by atoms with van der Waals surface area (Å²) in [5.41, 5.74) is 1.65. The Morgan fingerprint density at radius 3 is 2.28 bits per heavy atom. The highest BCUT2D eigenvalue weighted by Crippen LogP contribution is 2.15. The second kappa shape index (κ2) is 9.84. The molecule has 1 aliphatic rings. The number of benzene rings is 2. The summed E-state index contributed by atoms with van der Waals surface area (Å²) in [4.78, 5) is 23.4. The third-order valence-corrected chi connectivity index (χ3v) is 6.11. The van der Waals surface area contributed by atoms with Crippen LogP contribution >= 0.6 is 0 Å². The lowest BCUT2D eigenvalue weighted by molar-refractivity contribution is 0.0947. The van der Waals surface area contributed by atoms with Crippen molar-refractivity contribution in [1.29, 1.82) is 0 Å². The first-order valence-electron chi connectivity index (χ1n) is 9.45. The number of carbonyl (C=O) groups is 1. The topological polar surface area (TPSA) is 91.0 Å². The van der Waals surface area contributed by atoms with E-state index in [0.717, 1.165) is 32.7 Å². The van der Waals surface area contributed by atoms with Gasteiger partial charge in [-0.05, 0) is 36.4 Å². The van der Waals surface area contributed by atoms with E-state index in [1.54, 1.807) is 0 Å². The van der Waals surface area contributed by atoms with Gasteiger partial charge < -0.3 is 10.2 Å². The van der Waals surface area contributed by atoms with Crippen LogP contribution in [0.25, 0.3) is 0 Å². The van der Waals surface area contributed by atoms with E-state index in [4.69, 9.17) is 0 Å². The van der Waals surface area contributed by atoms with Crippen LogP contribution in [-0.2, 0) is 14.9 Å². The van der Waals surface area contributed by atoms with Crippen molar-refractivity contribution >= 4 is 21.6 Å². The Balaban J connectivity index is 1.42. The molecule has 0 aromatic heterocycles. The number of nitrogens with zero attached hydrogens (tertiary/aromatic N) is 2. The average molecular weight is 419 g/mol. The molecule has 1 amide bonds. The van der Waals surface area contributed by atoms with E-state index in [2.05, 4.69) is 32.1 Å². The van der Waals surface area contributed by atoms with Gasteiger partial charge in [0.25, 0.3) is 15.9 Å². The van der Waals surface area contributed by atoms with Crippen LogP contribution in [0.1, 0.15) is 10.4 Å². The highest BCUT2D eigenvalue weighted by Gasteiger charge is 2.17. The molecule has 2 aromatic rings. The van der Waals surface area contributed by atoms with Gasteiger partial charge >= 0.3 is 0 Å². The molecule has 0 saturated carbocycles. The second-order valence-electron chi connectivity index (χ2n) is 6.74. The van der Waals surface area contributed by atoms with Gasteiger partial charge in [-0.2, -0.15) is 0 Å². The molecule has 1 fully saturated rings. The average Bonchev–Trinajstić information content (AvgIpc) is 2.75. The lowest BCUT2D eigenvalue weighted by Crippen LogP contribution is -2.48. The zero-order valence-corrected chi connectivity index (χ0v) is 17.2. The number of anilines is 1. The van der Waals surface area contributed by atoms with Crippen molar-refractivity contribution in [2.24, 2.45) is 0 Å². The smallest absolute Gasteiger partial charge is 0.262 e. The molecular formula is C20H26N4O4S. The molecule has 2 aromatic carbocycles. The number of amides is 1. The highest BCUT2D eigenvalue weighted by atomic mass is 32.2. The van der Waals surface area contributed by atoms with Crippen molar-refractivity contribution in [3.8, 4) is 0 Å². The van der Waals surface area contributed by atoms with Crippen molar-refractivity contribution in [3.63, 3.8) is 0 Å². The van der Waals surface area contributed by atoms with E-state index < -0.39 is 10.0 Å². The van der Waals surface area contributed by atoms with Crippen LogP contribution in [0.3, 0.4) is 0 Å². The van der Waals surface area contributed by atoms with E-state index >= 15 is 0 Å². The molecule has 3 rings (SSSR count). The highest BCUT2D eigenvalue weighted by molar-refractivity contribution is 7.89. The van der Waals surface area contributed by atoms with Crippen molar-refractivity contribution in [2.75, 3.05) is 51.3 Å². The summed E-state index contributed by atoms with van der Waals surface area (Å²) in [6.07, 6.45) is 0. The van der Waals surface area contributed by atoms with E-state index in [1.165, 1.54) is 37.1 Å². The molecule has 0 radical (unpaired) electrons. The molecule has 1 saturated heterocycles. The van der Waals surface area contributed by atoms with Crippen LogP contribution in [0.2, 0.25) is 0 Å². The zero-order chi connectivity index (χ0) is 20.7. The largest absolute Gasteiger partial charge is 0.369 e. The van der Waals surface area contributed by atoms with Gasteiger partial charge in [0.15, 0.2) is 0 Å². The quantitative estimate of drug-likeness (QED) is 0.624. The maximum atomic E-state index is 12.3. The number of carbonyl (C=O) groups excluding carboxylic acids is 1. The summed E-state index contributed by atoms with van der Waals surface area (Å²) < 4.78 is 23.7. The number of rotatable bonds is 8. The van der Waals surface area contributed by atoms with Gasteiger partial charge in [-0.15, -0.1) is 0 Å². The Hall–Kier alpha value is -2.46. The first kappa shape index (κ1) is 21.3. The van der Waals surface area contributed by atoms with Crippen molar-refractivity contribution < 1.29 is 18.0 Å². The van der Waals surface area contributed by atoms with Crippen molar-refractivity contribution in [1.82, 2.24) is 15.1 Å². The fourth-order valence-electron chi connectivity index (χ4n) is 3.24. The molecule has 0 aliphatic carbocycles. The molecule has 0 bridgehead atoms. The second-order valence-corrected chi connectivity index (χ2v) is 8.38. The number of sulfonamides is 1. The summed E-state index contributed by atoms with van der Waals surface area (Å²) in [7, 11) is -2.50. The van der Waals surface area contributed by atoms with E-state index in [1.807, 2.05) is 23.1 Å². The zero-order valence-electron chi connectivity index (χ0n) is 16.4. The molecule has 0 unspecified atom stereocenters. The standard InChI is InChI=1S/C20H26N4O4S/c1-28-22-29(26,27)19-9-7-17(8-10-19)20(25)21-11-12-23-13-15-24(16-14-23)18-5-3-2-4-6-18/h2-10,22H,11-16H2,1H3,(H,21,25). The monoisotopic (exact) mass is 418 g/mol. The molecule has 0 atom stereocenters. The minimum absolute atomic E-state index is 0.0344. The summed E-state index contributed by atoms with van der Waals surface area (Å²) in [6.45, 7) is 5.13. The Morgan fingerprint density at radius 1 is 1.00 bits per heavy atom. The number of hydrogen-bond donors (Lipinski definition) is 2. The van der Waals surface area contributed by atoms with E-state index in [0.29, 0.717) is 12.1 Å². The lowest BCUT2D eigenvalue weighted by Gasteiger charge is -2.36. The molecule has 1 heterocycles. The Bertz CT molecular complexity index is 896. The summed E-state index contributed by atoms with van der Waals surface area (Å²) in [6, 6.07) is 16.1. The van der Waals surface area contributed by atoms with Gasteiger partial charge in [-0.25, -0.2) is 8.42 Å². The predicted octanol–water partition coefficient (Wildman–Crippen LogP) is 1.08. The molecule has 156 valence electrons. The number of nitrogens with one attached hydrogen (secondary N) is 2. The minimum atomic E-state index is -3.72. The first-order valence-corrected chi connectivity index (χ1v) is 10.9. The molecule has 1 aliphatic heterocycles. The molecule has 0 spiro atoms. The van der Waals surface area contributed by atoms with Crippen molar-refractivity contribution in [3.05, 3.63) is 60.2 Å². The fourth-order valence-corrected chi connectivity index (χ4v) is 4.05. The molecule has 8 nitrogen and oxygen atoms in total. The number of piperazine rings is 1. The molecule has 2 N–H and O–H groups in total. The first-order chi connectivity index (χ1) is 14.0. The molecular weight excluding hydrogens is 392 g/mol. The van der Waals surface area contributed by atoms with Gasteiger partial charge in [0.05, 0.1) is 12.0 Å². The van der Waals surface area contributed by atoms with Gasteiger partial charge in [0.1, 0.15) is 0 Å². The summed E-state index contributed by atoms with van der Waals surface area (Å²) >= 11 is 0. The van der Waals surface area contributed by atoms with Crippen LogP contribution in [0.4, 0.5) is 5.69 Å². The number of para-hydroxylation sites is 1.